The van der Waals surface area contributed by atoms with Gasteiger partial charge in [-0.3, -0.25) is 0 Å². The van der Waals surface area contributed by atoms with Crippen molar-refractivity contribution in [1.82, 2.24) is 0 Å². The van der Waals surface area contributed by atoms with Crippen LogP contribution in [-0.4, -0.2) is 0 Å². The van der Waals surface area contributed by atoms with E-state index in [0.29, 0.717) is 0 Å². The zero-order chi connectivity index (χ0) is 29.6. The predicted octanol–water partition coefficient (Wildman–Crippen LogP) is 7.07. The maximum absolute atomic E-state index is 2.31. The van der Waals surface area contributed by atoms with Crippen molar-refractivity contribution in [2.45, 2.75) is 13.8 Å². The third-order valence-electron chi connectivity index (χ3n) is 8.97. The van der Waals surface area contributed by atoms with E-state index in [9.17, 15) is 0 Å². The van der Waals surface area contributed by atoms with E-state index in [4.69, 9.17) is 0 Å². The van der Waals surface area contributed by atoms with Crippen LogP contribution in [-0.2, 0) is 26.2 Å². The van der Waals surface area contributed by atoms with Gasteiger partial charge in [0.15, 0.2) is 0 Å². The van der Waals surface area contributed by atoms with E-state index in [1.165, 1.54) is 86.2 Å². The number of fused-ring (bicyclic) bond motifs is 14. The van der Waals surface area contributed by atoms with Gasteiger partial charge in [0.1, 0.15) is 0 Å². The maximum atomic E-state index is 2.31. The molecule has 47 heavy (non-hydrogen) atoms. The van der Waals surface area contributed by atoms with Crippen LogP contribution >= 0.6 is 0 Å². The van der Waals surface area contributed by atoms with Crippen molar-refractivity contribution in [1.29, 1.82) is 0 Å². The van der Waals surface area contributed by atoms with Gasteiger partial charge in [-0.1, -0.05) is 157 Å². The summed E-state index contributed by atoms with van der Waals surface area (Å²) in [4.78, 5) is 0. The molecule has 0 saturated carbocycles. The molecule has 0 amide bonds. The van der Waals surface area contributed by atoms with Crippen LogP contribution < -0.4 is 24.8 Å². The molecule has 0 aliphatic rings. The van der Waals surface area contributed by atoms with Crippen LogP contribution in [0.5, 0.6) is 0 Å². The van der Waals surface area contributed by atoms with E-state index >= 15 is 0 Å². The fourth-order valence-electron chi connectivity index (χ4n) is 7.09. The molecule has 0 unspecified atom stereocenters. The Bertz CT molecular complexity index is 2280. The quantitative estimate of drug-likeness (QED) is 0.147. The first-order valence-corrected chi connectivity index (χ1v) is 15.6. The topological polar surface area (TPSA) is 0 Å². The molecule has 3 heteroatoms. The van der Waals surface area contributed by atoms with Gasteiger partial charge in [-0.2, -0.15) is 0 Å². The average molecular weight is 723 g/mol. The molecule has 0 atom stereocenters. The fourth-order valence-corrected chi connectivity index (χ4v) is 7.09. The Balaban J connectivity index is 0.000000165. The second kappa shape index (κ2) is 14.4. The zero-order valence-electron chi connectivity index (χ0n) is 26.3. The van der Waals surface area contributed by atoms with Gasteiger partial charge >= 0.3 is 26.2 Å². The fraction of sp³-hybridized carbons (Fsp3) is 0.0455. The summed E-state index contributed by atoms with van der Waals surface area (Å²) in [6.07, 6.45) is 0. The van der Waals surface area contributed by atoms with Crippen LogP contribution in [0.2, 0.25) is 0 Å². The molecule has 0 N–H and O–H groups in total. The van der Waals surface area contributed by atoms with Gasteiger partial charge in [0.25, 0.3) is 0 Å². The minimum atomic E-state index is 0. The molecule has 0 fully saturated rings. The molecule has 0 aliphatic heterocycles. The minimum Gasteiger partial charge on any atom is -1.00 e. The Morgan fingerprint density at radius 1 is 0.298 bits per heavy atom. The Morgan fingerprint density at radius 2 is 0.511 bits per heavy atom. The smallest absolute Gasteiger partial charge is 1.00 e. The summed E-state index contributed by atoms with van der Waals surface area (Å²) in [5, 5.41) is 21.5. The molecule has 0 heterocycles. The van der Waals surface area contributed by atoms with Crippen molar-refractivity contribution in [3.63, 3.8) is 0 Å². The molecule has 0 aromatic heterocycles. The monoisotopic (exact) mass is 720 g/mol. The molecule has 10 rings (SSSR count). The summed E-state index contributed by atoms with van der Waals surface area (Å²) in [6, 6.07) is 57.1. The van der Waals surface area contributed by atoms with Gasteiger partial charge in [0, 0.05) is 0 Å². The van der Waals surface area contributed by atoms with Gasteiger partial charge in [0.05, 0.1) is 0 Å². The van der Waals surface area contributed by atoms with Crippen molar-refractivity contribution in [2.75, 3.05) is 0 Å². The molecule has 0 nitrogen and oxygen atoms in total. The van der Waals surface area contributed by atoms with Crippen LogP contribution in [0.25, 0.3) is 86.2 Å². The number of hydrogen-bond donors (Lipinski definition) is 0. The van der Waals surface area contributed by atoms with E-state index in [1.807, 2.05) is 13.8 Å². The van der Waals surface area contributed by atoms with E-state index in [2.05, 4.69) is 158 Å². The van der Waals surface area contributed by atoms with Crippen molar-refractivity contribution >= 4 is 86.2 Å². The first-order chi connectivity index (χ1) is 21.8. The van der Waals surface area contributed by atoms with Gasteiger partial charge in [-0.05, 0) is 21.5 Å². The SMILES string of the molecule is CC.[Cl-].[Cl-].[Zr+4].c1ccc2c(c1)ccc1[cH-]c3ccc4ccccc4c3c12.c1ccc2c(c1)ccc1[cH-]c3ccc4ccccc4c3c12. The van der Waals surface area contributed by atoms with Gasteiger partial charge in [-0.25, -0.2) is 0 Å². The Labute approximate surface area is 306 Å². The molecule has 0 radical (unpaired) electrons. The zero-order valence-corrected chi connectivity index (χ0v) is 30.2. The summed E-state index contributed by atoms with van der Waals surface area (Å²) in [7, 11) is 0. The largest absolute Gasteiger partial charge is 4.00 e. The summed E-state index contributed by atoms with van der Waals surface area (Å²) in [5.41, 5.74) is 0. The van der Waals surface area contributed by atoms with Crippen LogP contribution in [0.15, 0.2) is 158 Å². The first kappa shape index (κ1) is 34.3. The van der Waals surface area contributed by atoms with Gasteiger partial charge in [-0.15, -0.1) is 79.5 Å². The van der Waals surface area contributed by atoms with Crippen LogP contribution in [0.3, 0.4) is 0 Å². The predicted molar refractivity (Wildman–Crippen MR) is 195 cm³/mol. The Morgan fingerprint density at radius 3 is 0.745 bits per heavy atom. The van der Waals surface area contributed by atoms with E-state index < -0.39 is 0 Å². The summed E-state index contributed by atoms with van der Waals surface area (Å²) < 4.78 is 0. The molecule has 0 bridgehead atoms. The number of hydrogen-bond acceptors (Lipinski definition) is 0. The molecular formula is C44H32Cl2Zr. The summed E-state index contributed by atoms with van der Waals surface area (Å²) >= 11 is 0. The normalized spacial score (nSPS) is 10.7. The van der Waals surface area contributed by atoms with Gasteiger partial charge in [0.2, 0.25) is 0 Å². The number of rotatable bonds is 0. The Hall–Kier alpha value is -4.00. The minimum absolute atomic E-state index is 0. The van der Waals surface area contributed by atoms with Crippen LogP contribution in [0, 0.1) is 0 Å². The van der Waals surface area contributed by atoms with Crippen molar-refractivity contribution in [3.05, 3.63) is 158 Å². The van der Waals surface area contributed by atoms with E-state index in [-0.39, 0.29) is 51.0 Å². The van der Waals surface area contributed by atoms with Gasteiger partial charge < -0.3 is 24.8 Å². The van der Waals surface area contributed by atoms with Crippen LogP contribution in [0.4, 0.5) is 0 Å². The van der Waals surface area contributed by atoms with E-state index in [1.54, 1.807) is 0 Å². The van der Waals surface area contributed by atoms with Crippen LogP contribution in [0.1, 0.15) is 13.8 Å². The molecular weight excluding hydrogens is 691 g/mol. The first-order valence-electron chi connectivity index (χ1n) is 15.6. The third kappa shape index (κ3) is 5.76. The molecule has 10 aromatic rings. The molecule has 0 saturated heterocycles. The van der Waals surface area contributed by atoms with Crippen molar-refractivity contribution in [2.24, 2.45) is 0 Å². The molecule has 0 aliphatic carbocycles. The van der Waals surface area contributed by atoms with Crippen molar-refractivity contribution in [3.8, 4) is 0 Å². The summed E-state index contributed by atoms with van der Waals surface area (Å²) in [5.74, 6) is 0. The third-order valence-corrected chi connectivity index (χ3v) is 8.97. The van der Waals surface area contributed by atoms with E-state index in [0.717, 1.165) is 0 Å². The molecule has 10 aromatic carbocycles. The average Bonchev–Trinajstić information content (AvgIpc) is 3.69. The maximum Gasteiger partial charge on any atom is 4.00 e. The summed E-state index contributed by atoms with van der Waals surface area (Å²) in [6.45, 7) is 4.00. The Kier molecular flexibility index (Phi) is 10.5. The number of halogens is 2. The molecule has 0 spiro atoms. The second-order valence-corrected chi connectivity index (χ2v) is 11.3. The van der Waals surface area contributed by atoms with Crippen molar-refractivity contribution < 1.29 is 51.0 Å². The standard InChI is InChI=1S/2C21H13.C2H6.2ClH.Zr/c2*1-3-7-18-14(5-1)9-11-16-13-17-12-10-15-6-2-4-8-19(15)21(17)20(16)18;1-2;;;/h2*1-13H;1-2H3;2*1H;/q2*-1;;;;+4/p-2. The number of benzene rings is 8. The molecule has 226 valence electrons. The second-order valence-electron chi connectivity index (χ2n) is 11.3.